The predicted octanol–water partition coefficient (Wildman–Crippen LogP) is 1.98. The first-order valence-electron chi connectivity index (χ1n) is 4.84. The lowest BCUT2D eigenvalue weighted by molar-refractivity contribution is 0.0211. The van der Waals surface area contributed by atoms with Crippen LogP contribution in [0.3, 0.4) is 0 Å². The Morgan fingerprint density at radius 1 is 1.29 bits per heavy atom. The Labute approximate surface area is 82.1 Å². The van der Waals surface area contributed by atoms with Crippen molar-refractivity contribution in [2.75, 3.05) is 18.5 Å². The fourth-order valence-electron chi connectivity index (χ4n) is 1.74. The van der Waals surface area contributed by atoms with E-state index in [1.54, 1.807) is 0 Å². The monoisotopic (exact) mass is 188 g/mol. The first kappa shape index (κ1) is 7.88. The van der Waals surface area contributed by atoms with Crippen molar-refractivity contribution >= 4 is 16.6 Å². The van der Waals surface area contributed by atoms with Crippen LogP contribution in [0.2, 0.25) is 0 Å². The number of aromatic nitrogens is 1. The smallest absolute Gasteiger partial charge is 0.0729 e. The van der Waals surface area contributed by atoms with Crippen LogP contribution in [0.25, 0.3) is 10.9 Å². The maximum Gasteiger partial charge on any atom is 0.0729 e. The fraction of sp³-hybridized carbons (Fsp3) is 0.273. The zero-order chi connectivity index (χ0) is 9.38. The lowest BCUT2D eigenvalue weighted by Gasteiger charge is -2.28. The molecule has 3 rings (SSSR count). The quantitative estimate of drug-likeness (QED) is 0.756. The average molecular weight is 188 g/mol. The van der Waals surface area contributed by atoms with Crippen LogP contribution in [-0.4, -0.2) is 24.2 Å². The maximum atomic E-state index is 5.13. The van der Waals surface area contributed by atoms with E-state index >= 15 is 0 Å². The van der Waals surface area contributed by atoms with E-state index in [0.29, 0.717) is 6.04 Å². The van der Waals surface area contributed by atoms with Gasteiger partial charge in [-0.05, 0) is 12.1 Å². The highest BCUT2D eigenvalue weighted by Gasteiger charge is 2.18. The van der Waals surface area contributed by atoms with E-state index < -0.39 is 0 Å². The summed E-state index contributed by atoms with van der Waals surface area (Å²) < 4.78 is 5.13. The summed E-state index contributed by atoms with van der Waals surface area (Å²) in [6, 6.07) is 8.82. The molecule has 1 fully saturated rings. The molecule has 2 aromatic rings. The Bertz CT molecular complexity index is 445. The van der Waals surface area contributed by atoms with E-state index in [0.717, 1.165) is 13.2 Å². The van der Waals surface area contributed by atoms with Crippen molar-refractivity contribution in [2.24, 2.45) is 0 Å². The van der Waals surface area contributed by atoms with Gasteiger partial charge in [-0.15, -0.1) is 0 Å². The molecule has 0 radical (unpaired) electrons. The van der Waals surface area contributed by atoms with Crippen molar-refractivity contribution in [3.63, 3.8) is 0 Å². The summed E-state index contributed by atoms with van der Waals surface area (Å²) >= 11 is 0. The minimum atomic E-state index is 0.476. The van der Waals surface area contributed by atoms with E-state index in [1.165, 1.54) is 16.6 Å². The molecule has 2 heterocycles. The Balaban J connectivity index is 1.97. The number of fused-ring (bicyclic) bond motifs is 1. The van der Waals surface area contributed by atoms with Gasteiger partial charge in [-0.25, -0.2) is 0 Å². The number of hydrogen-bond acceptors (Lipinski definition) is 2. The summed E-state index contributed by atoms with van der Waals surface area (Å²) in [5.41, 5.74) is 2.35. The molecular formula is C11H12N2O. The molecule has 1 aromatic heterocycles. The molecule has 1 aliphatic heterocycles. The third kappa shape index (κ3) is 1.17. The highest BCUT2D eigenvalue weighted by atomic mass is 16.5. The summed E-state index contributed by atoms with van der Waals surface area (Å²) in [6.45, 7) is 1.63. The lowest BCUT2D eigenvalue weighted by Crippen LogP contribution is -2.40. The topological polar surface area (TPSA) is 37.0 Å². The second kappa shape index (κ2) is 3.03. The molecule has 1 aromatic carbocycles. The third-order valence-corrected chi connectivity index (χ3v) is 2.58. The number of rotatable bonds is 2. The molecule has 0 atom stereocenters. The molecular weight excluding hydrogens is 176 g/mol. The van der Waals surface area contributed by atoms with Crippen molar-refractivity contribution in [1.82, 2.24) is 4.98 Å². The fourth-order valence-corrected chi connectivity index (χ4v) is 1.74. The third-order valence-electron chi connectivity index (χ3n) is 2.58. The van der Waals surface area contributed by atoms with Gasteiger partial charge >= 0.3 is 0 Å². The number of aromatic amines is 1. The second-order valence-corrected chi connectivity index (χ2v) is 3.63. The van der Waals surface area contributed by atoms with E-state index in [-0.39, 0.29) is 0 Å². The van der Waals surface area contributed by atoms with E-state index in [1.807, 2.05) is 6.20 Å². The van der Waals surface area contributed by atoms with Crippen molar-refractivity contribution < 1.29 is 4.74 Å². The maximum absolute atomic E-state index is 5.13. The van der Waals surface area contributed by atoms with Gasteiger partial charge in [0.15, 0.2) is 0 Å². The molecule has 72 valence electrons. The molecule has 1 saturated heterocycles. The van der Waals surface area contributed by atoms with Gasteiger partial charge in [0, 0.05) is 11.6 Å². The number of hydrogen-bond donors (Lipinski definition) is 2. The van der Waals surface area contributed by atoms with Gasteiger partial charge in [-0.1, -0.05) is 12.1 Å². The van der Waals surface area contributed by atoms with Crippen molar-refractivity contribution in [3.8, 4) is 0 Å². The Morgan fingerprint density at radius 2 is 2.21 bits per heavy atom. The van der Waals surface area contributed by atoms with Crippen LogP contribution in [-0.2, 0) is 4.74 Å². The molecule has 0 saturated carbocycles. The van der Waals surface area contributed by atoms with Crippen molar-refractivity contribution in [3.05, 3.63) is 30.5 Å². The molecule has 2 N–H and O–H groups in total. The van der Waals surface area contributed by atoms with E-state index in [9.17, 15) is 0 Å². The number of para-hydroxylation sites is 1. The molecule has 0 bridgehead atoms. The molecule has 1 aliphatic rings. The van der Waals surface area contributed by atoms with Gasteiger partial charge in [0.05, 0.1) is 30.5 Å². The van der Waals surface area contributed by atoms with Crippen LogP contribution < -0.4 is 5.32 Å². The second-order valence-electron chi connectivity index (χ2n) is 3.63. The predicted molar refractivity (Wildman–Crippen MR) is 56.5 cm³/mol. The molecule has 0 aliphatic carbocycles. The Kier molecular flexibility index (Phi) is 1.70. The molecule has 3 nitrogen and oxygen atoms in total. The van der Waals surface area contributed by atoms with Gasteiger partial charge < -0.3 is 15.0 Å². The summed E-state index contributed by atoms with van der Waals surface area (Å²) in [4.78, 5) is 3.24. The van der Waals surface area contributed by atoms with Crippen LogP contribution >= 0.6 is 0 Å². The summed E-state index contributed by atoms with van der Waals surface area (Å²) in [7, 11) is 0. The summed E-state index contributed by atoms with van der Waals surface area (Å²) in [6.07, 6.45) is 1.97. The first-order valence-corrected chi connectivity index (χ1v) is 4.84. The number of anilines is 1. The number of ether oxygens (including phenoxy) is 1. The van der Waals surface area contributed by atoms with Gasteiger partial charge in [0.1, 0.15) is 0 Å². The largest absolute Gasteiger partial charge is 0.377 e. The standard InChI is InChI=1S/C11H12N2O/c1-2-8-4-5-12-11(8)10(3-1)13-9-6-14-7-9/h1-5,9,12-13H,6-7H2. The minimum absolute atomic E-state index is 0.476. The van der Waals surface area contributed by atoms with Crippen LogP contribution in [0, 0.1) is 0 Å². The van der Waals surface area contributed by atoms with Gasteiger partial charge in [0.2, 0.25) is 0 Å². The average Bonchev–Trinajstić information content (AvgIpc) is 2.59. The normalized spacial score (nSPS) is 16.9. The number of H-pyrrole nitrogens is 1. The Hall–Kier alpha value is -1.48. The summed E-state index contributed by atoms with van der Waals surface area (Å²) in [5, 5.41) is 4.70. The van der Waals surface area contributed by atoms with E-state index in [2.05, 4.69) is 34.6 Å². The number of benzene rings is 1. The van der Waals surface area contributed by atoms with Gasteiger partial charge in [-0.2, -0.15) is 0 Å². The highest BCUT2D eigenvalue weighted by Crippen LogP contribution is 2.23. The summed E-state index contributed by atoms with van der Waals surface area (Å²) in [5.74, 6) is 0. The van der Waals surface area contributed by atoms with Crippen molar-refractivity contribution in [1.29, 1.82) is 0 Å². The SMILES string of the molecule is c1cc(NC2COC2)c2[nH]ccc2c1. The van der Waals surface area contributed by atoms with Gasteiger partial charge in [-0.3, -0.25) is 0 Å². The zero-order valence-corrected chi connectivity index (χ0v) is 7.79. The molecule has 0 unspecified atom stereocenters. The molecule has 14 heavy (non-hydrogen) atoms. The van der Waals surface area contributed by atoms with Crippen LogP contribution in [0.15, 0.2) is 30.5 Å². The minimum Gasteiger partial charge on any atom is -0.377 e. The van der Waals surface area contributed by atoms with Crippen molar-refractivity contribution in [2.45, 2.75) is 6.04 Å². The number of nitrogens with one attached hydrogen (secondary N) is 2. The zero-order valence-electron chi connectivity index (χ0n) is 7.79. The Morgan fingerprint density at radius 3 is 3.00 bits per heavy atom. The van der Waals surface area contributed by atoms with Crippen LogP contribution in [0.1, 0.15) is 0 Å². The lowest BCUT2D eigenvalue weighted by atomic mass is 10.2. The van der Waals surface area contributed by atoms with Crippen LogP contribution in [0.4, 0.5) is 5.69 Å². The highest BCUT2D eigenvalue weighted by molar-refractivity contribution is 5.91. The first-order chi connectivity index (χ1) is 6.93. The molecule has 3 heteroatoms. The molecule has 0 amide bonds. The molecule has 0 spiro atoms. The van der Waals surface area contributed by atoms with E-state index in [4.69, 9.17) is 4.74 Å². The van der Waals surface area contributed by atoms with Gasteiger partial charge in [0.25, 0.3) is 0 Å². The van der Waals surface area contributed by atoms with Crippen LogP contribution in [0.5, 0.6) is 0 Å².